The van der Waals surface area contributed by atoms with Crippen molar-refractivity contribution < 1.29 is 9.47 Å². The number of fused-ring (bicyclic) bond motifs is 1. The lowest BCUT2D eigenvalue weighted by Crippen LogP contribution is -2.36. The van der Waals surface area contributed by atoms with E-state index < -0.39 is 0 Å². The number of aryl methyl sites for hydroxylation is 1. The fraction of sp³-hybridized carbons (Fsp3) is 0.464. The number of rotatable bonds is 7. The molecule has 5 aromatic rings. The Kier molecular flexibility index (Phi) is 6.79. The minimum absolute atomic E-state index is 0.0764. The Labute approximate surface area is 237 Å². The summed E-state index contributed by atoms with van der Waals surface area (Å²) in [5.74, 6) is 3.03. The Hall–Kier alpha value is -4.39. The molecule has 7 rings (SSSR count). The molecule has 1 saturated carbocycles. The fourth-order valence-corrected chi connectivity index (χ4v) is 5.72. The van der Waals surface area contributed by atoms with E-state index >= 15 is 0 Å². The van der Waals surface area contributed by atoms with Crippen LogP contribution in [0.3, 0.4) is 0 Å². The van der Waals surface area contributed by atoms with Crippen LogP contribution < -0.4 is 9.64 Å². The highest BCUT2D eigenvalue weighted by molar-refractivity contribution is 5.88. The van der Waals surface area contributed by atoms with Crippen LogP contribution in [-0.2, 0) is 18.3 Å². The molecule has 212 valence electrons. The number of aromatic nitrogens is 10. The number of tetrazole rings is 1. The lowest BCUT2D eigenvalue weighted by molar-refractivity contribution is 0.121. The summed E-state index contributed by atoms with van der Waals surface area (Å²) in [6.45, 7) is 5.40. The molecular formula is C28H33N11O2. The first-order valence-electron chi connectivity index (χ1n) is 14.1. The van der Waals surface area contributed by atoms with E-state index in [4.69, 9.17) is 19.4 Å². The maximum atomic E-state index is 6.68. The molecule has 1 saturated heterocycles. The molecule has 0 atom stereocenters. The first-order valence-corrected chi connectivity index (χ1v) is 14.1. The van der Waals surface area contributed by atoms with E-state index in [1.807, 2.05) is 61.8 Å². The first-order chi connectivity index (χ1) is 20.1. The third kappa shape index (κ3) is 5.12. The number of pyridine rings is 2. The van der Waals surface area contributed by atoms with Crippen molar-refractivity contribution in [3.05, 3.63) is 54.8 Å². The molecule has 0 amide bonds. The summed E-state index contributed by atoms with van der Waals surface area (Å²) in [6.07, 6.45) is 13.5. The van der Waals surface area contributed by atoms with Gasteiger partial charge in [-0.25, -0.2) is 14.6 Å². The Bertz CT molecular complexity index is 1630. The van der Waals surface area contributed by atoms with E-state index in [0.717, 1.165) is 72.6 Å². The Morgan fingerprint density at radius 3 is 2.66 bits per heavy atom. The highest BCUT2D eigenvalue weighted by Gasteiger charge is 2.26. The van der Waals surface area contributed by atoms with Crippen molar-refractivity contribution in [3.8, 4) is 17.3 Å². The predicted octanol–water partition coefficient (Wildman–Crippen LogP) is 2.97. The summed E-state index contributed by atoms with van der Waals surface area (Å²) in [7, 11) is 1.99. The molecule has 13 nitrogen and oxygen atoms in total. The monoisotopic (exact) mass is 555 g/mol. The lowest BCUT2D eigenvalue weighted by atomic mass is 9.93. The van der Waals surface area contributed by atoms with E-state index in [0.29, 0.717) is 37.5 Å². The first kappa shape index (κ1) is 25.6. The summed E-state index contributed by atoms with van der Waals surface area (Å²) in [5.41, 5.74) is 2.64. The zero-order chi connectivity index (χ0) is 27.8. The van der Waals surface area contributed by atoms with Crippen LogP contribution in [0.5, 0.6) is 5.88 Å². The fourth-order valence-electron chi connectivity index (χ4n) is 5.72. The van der Waals surface area contributed by atoms with Crippen LogP contribution in [0.15, 0.2) is 43.2 Å². The number of morpholine rings is 1. The molecule has 41 heavy (non-hydrogen) atoms. The Morgan fingerprint density at radius 1 is 1.05 bits per heavy atom. The standard InChI is InChI=1S/C28H33N11O2/c1-19-30-16-22(36(19)2)17-39-27(33-34-35-39)20-13-24-25(31-15-20)14-26(37-9-11-40-12-10-37)32-28(24)41-23-5-3-21(4-6-23)38-8-7-29-18-38/h7-8,13-16,18,21,23H,3-6,9-12,17H2,1-2H3. The minimum Gasteiger partial charge on any atom is -0.474 e. The molecule has 13 heteroatoms. The van der Waals surface area contributed by atoms with Crippen LogP contribution in [0.25, 0.3) is 22.3 Å². The minimum atomic E-state index is 0.0764. The predicted molar refractivity (Wildman–Crippen MR) is 151 cm³/mol. The highest BCUT2D eigenvalue weighted by atomic mass is 16.5. The van der Waals surface area contributed by atoms with Crippen molar-refractivity contribution in [1.29, 1.82) is 0 Å². The van der Waals surface area contributed by atoms with E-state index in [-0.39, 0.29) is 6.10 Å². The zero-order valence-corrected chi connectivity index (χ0v) is 23.3. The maximum Gasteiger partial charge on any atom is 0.225 e. The van der Waals surface area contributed by atoms with Gasteiger partial charge in [0, 0.05) is 56.4 Å². The largest absolute Gasteiger partial charge is 0.474 e. The van der Waals surface area contributed by atoms with Crippen molar-refractivity contribution in [3.63, 3.8) is 0 Å². The van der Waals surface area contributed by atoms with Crippen LogP contribution in [0.2, 0.25) is 0 Å². The molecule has 6 heterocycles. The Balaban J connectivity index is 1.21. The summed E-state index contributed by atoms with van der Waals surface area (Å²) in [6, 6.07) is 4.54. The summed E-state index contributed by atoms with van der Waals surface area (Å²) in [4.78, 5) is 20.7. The van der Waals surface area contributed by atoms with Crippen LogP contribution in [0.4, 0.5) is 5.82 Å². The van der Waals surface area contributed by atoms with E-state index in [1.54, 1.807) is 4.68 Å². The quantitative estimate of drug-likeness (QED) is 0.296. The van der Waals surface area contributed by atoms with E-state index in [9.17, 15) is 0 Å². The number of hydrogen-bond acceptors (Lipinski definition) is 10. The van der Waals surface area contributed by atoms with Gasteiger partial charge in [-0.05, 0) is 49.1 Å². The molecule has 0 radical (unpaired) electrons. The molecule has 0 spiro atoms. The molecule has 0 N–H and O–H groups in total. The normalized spacial score (nSPS) is 19.6. The number of anilines is 1. The number of nitrogens with zero attached hydrogens (tertiary/aromatic N) is 11. The molecule has 1 aliphatic carbocycles. The van der Waals surface area contributed by atoms with Gasteiger partial charge >= 0.3 is 0 Å². The summed E-state index contributed by atoms with van der Waals surface area (Å²) >= 11 is 0. The van der Waals surface area contributed by atoms with Gasteiger partial charge in [0.2, 0.25) is 5.88 Å². The van der Waals surface area contributed by atoms with Gasteiger partial charge in [0.05, 0.1) is 48.9 Å². The second-order valence-corrected chi connectivity index (χ2v) is 10.7. The second kappa shape index (κ2) is 10.9. The molecule has 5 aromatic heterocycles. The number of imidazole rings is 2. The van der Waals surface area contributed by atoms with Gasteiger partial charge in [-0.3, -0.25) is 4.98 Å². The third-order valence-corrected chi connectivity index (χ3v) is 8.25. The Morgan fingerprint density at radius 2 is 1.90 bits per heavy atom. The van der Waals surface area contributed by atoms with Gasteiger partial charge in [-0.2, -0.15) is 4.98 Å². The van der Waals surface area contributed by atoms with Gasteiger partial charge in [-0.15, -0.1) is 5.10 Å². The highest BCUT2D eigenvalue weighted by Crippen LogP contribution is 2.35. The lowest BCUT2D eigenvalue weighted by Gasteiger charge is -2.31. The zero-order valence-electron chi connectivity index (χ0n) is 23.3. The molecule has 0 unspecified atom stereocenters. The molecule has 0 bridgehead atoms. The van der Waals surface area contributed by atoms with Gasteiger partial charge in [-0.1, -0.05) is 0 Å². The summed E-state index contributed by atoms with van der Waals surface area (Å²) in [5, 5.41) is 13.4. The van der Waals surface area contributed by atoms with Crippen LogP contribution in [-0.4, -0.2) is 81.7 Å². The number of hydrogen-bond donors (Lipinski definition) is 0. The van der Waals surface area contributed by atoms with Crippen molar-refractivity contribution in [2.24, 2.45) is 7.05 Å². The van der Waals surface area contributed by atoms with Crippen LogP contribution in [0, 0.1) is 6.92 Å². The molecule has 0 aromatic carbocycles. The topological polar surface area (TPSA) is 127 Å². The van der Waals surface area contributed by atoms with Gasteiger partial charge in [0.1, 0.15) is 17.7 Å². The summed E-state index contributed by atoms with van der Waals surface area (Å²) < 4.78 is 18.3. The van der Waals surface area contributed by atoms with Crippen molar-refractivity contribution in [2.75, 3.05) is 31.2 Å². The van der Waals surface area contributed by atoms with Crippen LogP contribution >= 0.6 is 0 Å². The van der Waals surface area contributed by atoms with Gasteiger partial charge in [0.25, 0.3) is 0 Å². The van der Waals surface area contributed by atoms with E-state index in [1.165, 1.54) is 0 Å². The molecule has 2 fully saturated rings. The van der Waals surface area contributed by atoms with Crippen molar-refractivity contribution in [2.45, 2.75) is 51.3 Å². The third-order valence-electron chi connectivity index (χ3n) is 8.25. The smallest absolute Gasteiger partial charge is 0.225 e. The van der Waals surface area contributed by atoms with E-state index in [2.05, 4.69) is 35.0 Å². The van der Waals surface area contributed by atoms with Crippen LogP contribution in [0.1, 0.15) is 43.2 Å². The number of ether oxygens (including phenoxy) is 2. The average Bonchev–Trinajstić information content (AvgIpc) is 3.78. The molecular weight excluding hydrogens is 522 g/mol. The van der Waals surface area contributed by atoms with Gasteiger partial charge < -0.3 is 23.5 Å². The molecule has 1 aliphatic heterocycles. The second-order valence-electron chi connectivity index (χ2n) is 10.7. The van der Waals surface area contributed by atoms with Gasteiger partial charge in [0.15, 0.2) is 5.82 Å². The molecule has 2 aliphatic rings. The van der Waals surface area contributed by atoms with Crippen molar-refractivity contribution >= 4 is 16.7 Å². The average molecular weight is 556 g/mol. The maximum absolute atomic E-state index is 6.68. The van der Waals surface area contributed by atoms with Crippen molar-refractivity contribution in [1.82, 2.24) is 49.3 Å². The SMILES string of the molecule is Cc1ncc(Cn2nnnc2-c2cnc3cc(N4CCOCC4)nc(OC4CCC(n5ccnc5)CC4)c3c2)n1C.